The van der Waals surface area contributed by atoms with Gasteiger partial charge >= 0.3 is 52.3 Å². The van der Waals surface area contributed by atoms with Gasteiger partial charge in [0.15, 0.2) is 12.1 Å². The molecule has 0 amide bonds. The van der Waals surface area contributed by atoms with E-state index in [0.29, 0.717) is 85.9 Å². The van der Waals surface area contributed by atoms with Crippen molar-refractivity contribution >= 4 is 122 Å². The molecule has 0 radical (unpaired) electrons. The molecule has 9 aromatic rings. The number of methoxy groups -OCH3 is 4. The number of esters is 4. The molecule has 5 saturated carbocycles. The van der Waals surface area contributed by atoms with Crippen LogP contribution >= 0.6 is 0 Å². The molecule has 3 aromatic carbocycles. The lowest BCUT2D eigenvalue weighted by atomic mass is 9.86. The summed E-state index contributed by atoms with van der Waals surface area (Å²) in [6.45, 7) is 4.88. The molecular formula is C90H123N31O18. The summed E-state index contributed by atoms with van der Waals surface area (Å²) in [4.78, 5) is 146. The van der Waals surface area contributed by atoms with E-state index < -0.39 is 66.6 Å². The number of benzene rings is 3. The first kappa shape index (κ1) is 106. The van der Waals surface area contributed by atoms with Crippen molar-refractivity contribution in [3.8, 4) is 0 Å². The predicted molar refractivity (Wildman–Crippen MR) is 520 cm³/mol. The zero-order valence-corrected chi connectivity index (χ0v) is 78.1. The molecule has 20 N–H and O–H groups in total. The molecular weight excluding hydrogens is 1800 g/mol. The highest BCUT2D eigenvalue weighted by Gasteiger charge is 2.32. The third-order valence-corrected chi connectivity index (χ3v) is 24.5. The van der Waals surface area contributed by atoms with Crippen LogP contribution in [0.25, 0.3) is 10.9 Å². The smallest absolute Gasteiger partial charge is 0.333 e. The Balaban J connectivity index is 0.000000180. The number of nitrogens with zero attached hydrogens (tertiary/aromatic N) is 16. The molecule has 14 rings (SSSR count). The number of carbonyl (C=O) groups excluding carboxylic acids is 4. The summed E-state index contributed by atoms with van der Waals surface area (Å²) >= 11 is 0. The number of ether oxygens (including phenoxy) is 4. The number of fused-ring (bicyclic) bond motifs is 1. The molecule has 5 aliphatic rings. The minimum Gasteiger partial charge on any atom is -0.468 e. The fraction of sp³-hybridized carbons (Fsp3) is 0.500. The average molecular weight is 1930 g/mol. The van der Waals surface area contributed by atoms with Gasteiger partial charge in [-0.05, 0) is 194 Å². The second kappa shape index (κ2) is 54.2. The number of nitrogens with two attached hydrogens (primary N) is 5. The van der Waals surface area contributed by atoms with Crippen molar-refractivity contribution in [2.75, 3.05) is 121 Å². The van der Waals surface area contributed by atoms with Gasteiger partial charge in [-0.2, -0.15) is 24.9 Å². The van der Waals surface area contributed by atoms with Crippen molar-refractivity contribution in [1.82, 2.24) is 54.8 Å². The highest BCUT2D eigenvalue weighted by Crippen LogP contribution is 2.35. The van der Waals surface area contributed by atoms with Crippen LogP contribution in [0.4, 0.5) is 87.3 Å². The monoisotopic (exact) mass is 1930 g/mol. The number of anilines is 10. The first-order valence-corrected chi connectivity index (χ1v) is 46.0. The van der Waals surface area contributed by atoms with Gasteiger partial charge in [0, 0.05) is 81.1 Å². The molecule has 5 aliphatic carbocycles. The second-order valence-electron chi connectivity index (χ2n) is 34.4. The molecule has 49 nitrogen and oxygen atoms in total. The Bertz CT molecular complexity index is 5370. The van der Waals surface area contributed by atoms with Crippen molar-refractivity contribution in [2.45, 2.75) is 190 Å². The summed E-state index contributed by atoms with van der Waals surface area (Å²) in [6.07, 6.45) is 27.0. The summed E-state index contributed by atoms with van der Waals surface area (Å²) in [7, 11) is 5.13. The maximum absolute atomic E-state index is 12.3. The molecule has 0 saturated heterocycles. The van der Waals surface area contributed by atoms with E-state index in [2.05, 4.69) is 117 Å². The number of nitrogens with one attached hydrogen (secondary N) is 10. The van der Waals surface area contributed by atoms with Crippen molar-refractivity contribution in [3.05, 3.63) is 195 Å². The van der Waals surface area contributed by atoms with E-state index in [9.17, 15) is 69.7 Å². The van der Waals surface area contributed by atoms with Gasteiger partial charge in [0.2, 0.25) is 58.8 Å². The van der Waals surface area contributed by atoms with Gasteiger partial charge in [0.05, 0.1) is 58.6 Å². The molecule has 139 heavy (non-hydrogen) atoms. The van der Waals surface area contributed by atoms with E-state index in [4.69, 9.17) is 38.1 Å². The third kappa shape index (κ3) is 33.5. The number of para-hydroxylation sites is 1. The third-order valence-electron chi connectivity index (χ3n) is 24.5. The largest absolute Gasteiger partial charge is 0.468 e. The molecule has 3 atom stereocenters. The molecule has 0 aliphatic heterocycles. The Morgan fingerprint density at radius 1 is 0.345 bits per heavy atom. The zero-order chi connectivity index (χ0) is 99.9. The normalized spacial score (nSPS) is 19.8. The van der Waals surface area contributed by atoms with Crippen LogP contribution in [0.5, 0.6) is 0 Å². The number of nitro groups is 5. The van der Waals surface area contributed by atoms with Crippen LogP contribution in [-0.4, -0.2) is 207 Å². The Morgan fingerprint density at radius 3 is 0.928 bits per heavy atom. The van der Waals surface area contributed by atoms with Gasteiger partial charge in [-0.15, -0.1) is 0 Å². The Morgan fingerprint density at radius 2 is 0.626 bits per heavy atom. The van der Waals surface area contributed by atoms with Gasteiger partial charge in [0.25, 0.3) is 0 Å². The van der Waals surface area contributed by atoms with Crippen molar-refractivity contribution in [1.29, 1.82) is 0 Å². The van der Waals surface area contributed by atoms with Crippen LogP contribution in [-0.2, 0) is 44.7 Å². The number of rotatable bonds is 37. The standard InChI is InChI=1S/C21H25N7O2.2C20H26N6O4.C15H24N6O4.C14H22N6O4/c22-16-7-5-14(6-8-16)11-24-20-19(28(29)30)13-26-21(27-20)25-12-15-9-10-23-18-4-2-1-3-17(15)18;2*1-30-19(27)17(14-5-3-2-4-6-14)24-20-23-12-16(26(28)29)18(25-20)22-11-13-7-9-15(21)10-8-13;1-9(14(22)25-2)19-15-18-8-12(21(23)24)13(20-15)17-7-10-3-5-11(16)6-4-10;1-24-12(21)8-18-14-17-7-11(20(22)23)13(19-14)16-6-9-2-4-10(15)5-3-9/h1-4,9-10,13-14,16H,5-8,11-12,22H2,(H2,24,25,26,27);2*2-6,12-13,15,17H,7-11,21H2,1H3,(H2,22,23,24,25);8-11H,3-7,16H2,1-2H3,(H2,17,18,19,20);7,9-10H,2-6,8,15H2,1H3,(H2,16,17,18,19)/t;2*13?,15?,17-;9-,10?,11?;/m.000./s1. The van der Waals surface area contributed by atoms with Crippen LogP contribution in [0, 0.1) is 80.2 Å². The number of carbonyl (C=O) groups is 4. The molecule has 746 valence electrons. The van der Waals surface area contributed by atoms with E-state index in [-0.39, 0.29) is 118 Å². The average Bonchev–Trinajstić information content (AvgIpc) is 0.833. The minimum absolute atomic E-state index is 0.0908. The van der Waals surface area contributed by atoms with Gasteiger partial charge in [-0.25, -0.2) is 39.3 Å². The van der Waals surface area contributed by atoms with E-state index in [0.717, 1.165) is 170 Å². The molecule has 0 spiro atoms. The highest BCUT2D eigenvalue weighted by atomic mass is 16.6. The van der Waals surface area contributed by atoms with Gasteiger partial charge in [-0.1, -0.05) is 78.9 Å². The molecule has 49 heteroatoms. The summed E-state index contributed by atoms with van der Waals surface area (Å²) < 4.78 is 18.9. The molecule has 0 unspecified atom stereocenters. The molecule has 6 aromatic heterocycles. The number of pyridine rings is 1. The van der Waals surface area contributed by atoms with Gasteiger partial charge in [-0.3, -0.25) is 60.4 Å². The first-order valence-electron chi connectivity index (χ1n) is 46.0. The fourth-order valence-corrected chi connectivity index (χ4v) is 16.2. The topological polar surface area (TPSA) is 713 Å². The zero-order valence-electron chi connectivity index (χ0n) is 78.1. The lowest BCUT2D eigenvalue weighted by molar-refractivity contribution is -0.384. The summed E-state index contributed by atoms with van der Waals surface area (Å²) in [5, 5.41) is 87.4. The summed E-state index contributed by atoms with van der Waals surface area (Å²) in [5.41, 5.74) is 31.9. The maximum Gasteiger partial charge on any atom is 0.333 e. The Kier molecular flexibility index (Phi) is 41.4. The predicted octanol–water partition coefficient (Wildman–Crippen LogP) is 10.9. The lowest BCUT2D eigenvalue weighted by Crippen LogP contribution is -2.30. The molecule has 6 heterocycles. The molecule has 0 bridgehead atoms. The van der Waals surface area contributed by atoms with Crippen LogP contribution in [0.3, 0.4) is 0 Å². The van der Waals surface area contributed by atoms with Crippen molar-refractivity contribution in [3.63, 3.8) is 0 Å². The van der Waals surface area contributed by atoms with E-state index in [1.807, 2.05) is 42.5 Å². The van der Waals surface area contributed by atoms with Crippen LogP contribution in [0.15, 0.2) is 128 Å². The van der Waals surface area contributed by atoms with Gasteiger partial charge in [0.1, 0.15) is 43.6 Å². The van der Waals surface area contributed by atoms with Crippen molar-refractivity contribution < 1.29 is 62.7 Å². The Labute approximate surface area is 800 Å². The SMILES string of the molecule is COC(=O)CNc1ncc([N+](=O)[O-])c(NCC2CCC(N)CC2)n1.COC(=O)[C@@H](Nc1ncc([N+](=O)[O-])c(NCC2CCC(N)CC2)n1)c1ccccc1.COC(=O)[C@@H](Nc1ncc([N+](=O)[O-])c(NCC2CCC(N)CC2)n1)c1ccccc1.COC(=O)[C@H](C)Nc1ncc([N+](=O)[O-])c(NCC2CCC(N)CC2)n1.NC1CCC(CNc2nc(NCc3ccnc4ccccc34)ncc2[N+](=O)[O-])CC1. The van der Waals surface area contributed by atoms with Crippen LogP contribution in [0.2, 0.25) is 0 Å². The summed E-state index contributed by atoms with van der Waals surface area (Å²) in [6, 6.07) is 26.7. The van der Waals surface area contributed by atoms with E-state index >= 15 is 0 Å². The van der Waals surface area contributed by atoms with E-state index in [1.165, 1.54) is 34.6 Å². The maximum atomic E-state index is 12.3. The Hall–Kier alpha value is -14.9. The summed E-state index contributed by atoms with van der Waals surface area (Å²) in [5.74, 6) is 1.53. The van der Waals surface area contributed by atoms with Crippen molar-refractivity contribution in [2.24, 2.45) is 58.3 Å². The number of hydrogen-bond acceptors (Lipinski definition) is 44. The number of aromatic nitrogens is 11. The van der Waals surface area contributed by atoms with Crippen LogP contribution < -0.4 is 81.8 Å². The lowest BCUT2D eigenvalue weighted by Gasteiger charge is -2.26. The molecule has 5 fully saturated rings. The number of hydrogen-bond donors (Lipinski definition) is 15. The minimum atomic E-state index is -0.842. The highest BCUT2D eigenvalue weighted by molar-refractivity contribution is 5.83. The van der Waals surface area contributed by atoms with E-state index in [1.54, 1.807) is 61.7 Å². The second-order valence-corrected chi connectivity index (χ2v) is 34.4. The first-order chi connectivity index (χ1) is 66.9. The fourth-order valence-electron chi connectivity index (χ4n) is 16.2. The van der Waals surface area contributed by atoms with Crippen LogP contribution in [0.1, 0.15) is 164 Å². The van der Waals surface area contributed by atoms with Gasteiger partial charge < -0.3 is 101 Å². The quantitative estimate of drug-likeness (QED) is 0.00744.